The summed E-state index contributed by atoms with van der Waals surface area (Å²) in [5.41, 5.74) is 4.24. The molecule has 0 bridgehead atoms. The maximum absolute atomic E-state index is 9.36. The number of hydrogen-bond donors (Lipinski definition) is 2. The molecule has 0 aromatic heterocycles. The molecule has 0 amide bonds. The summed E-state index contributed by atoms with van der Waals surface area (Å²) in [7, 11) is 0. The zero-order valence-electron chi connectivity index (χ0n) is 9.20. The van der Waals surface area contributed by atoms with Crippen LogP contribution in [0, 0.1) is 0 Å². The van der Waals surface area contributed by atoms with Crippen molar-refractivity contribution >= 4 is 35.6 Å². The van der Waals surface area contributed by atoms with Gasteiger partial charge in [0.2, 0.25) is 0 Å². The molecule has 17 heavy (non-hydrogen) atoms. The average molecular weight is 298 g/mol. The highest BCUT2D eigenvalue weighted by Crippen LogP contribution is 2.21. The highest BCUT2D eigenvalue weighted by Gasteiger charge is 2.19. The zero-order chi connectivity index (χ0) is 11.5. The molecule has 1 aromatic carbocycles. The lowest BCUT2D eigenvalue weighted by Crippen LogP contribution is -2.36. The largest absolute Gasteiger partial charge is 0.392 e. The number of aliphatic hydroxyl groups is 1. The summed E-state index contributed by atoms with van der Waals surface area (Å²) in [4.78, 5) is 0. The average Bonchev–Trinajstić information content (AvgIpc) is 2.63. The molecule has 0 radical (unpaired) electrons. The van der Waals surface area contributed by atoms with Gasteiger partial charge in [0.1, 0.15) is 0 Å². The Labute approximate surface area is 117 Å². The molecule has 1 saturated heterocycles. The molecule has 0 saturated carbocycles. The molecular formula is C11H15Cl3N2O. The van der Waals surface area contributed by atoms with Crippen LogP contribution in [0.1, 0.15) is 12.0 Å². The van der Waals surface area contributed by atoms with Crippen LogP contribution in [-0.4, -0.2) is 29.3 Å². The first-order chi connectivity index (χ1) is 7.65. The van der Waals surface area contributed by atoms with Crippen molar-refractivity contribution in [3.05, 3.63) is 33.8 Å². The number of nitrogens with one attached hydrogen (secondary N) is 1. The van der Waals surface area contributed by atoms with Crippen molar-refractivity contribution in [3.8, 4) is 0 Å². The van der Waals surface area contributed by atoms with Gasteiger partial charge < -0.3 is 5.11 Å². The first-order valence-electron chi connectivity index (χ1n) is 5.25. The van der Waals surface area contributed by atoms with E-state index in [1.54, 1.807) is 6.07 Å². The minimum absolute atomic E-state index is 0. The second-order valence-corrected chi connectivity index (χ2v) is 4.80. The van der Waals surface area contributed by atoms with E-state index >= 15 is 0 Å². The summed E-state index contributed by atoms with van der Waals surface area (Å²) in [5.74, 6) is 0. The third-order valence-corrected chi connectivity index (χ3v) is 3.26. The summed E-state index contributed by atoms with van der Waals surface area (Å²) in [6.45, 7) is 2.19. The van der Waals surface area contributed by atoms with Crippen molar-refractivity contribution in [2.75, 3.05) is 13.1 Å². The van der Waals surface area contributed by atoms with Gasteiger partial charge in [-0.05, 0) is 24.1 Å². The van der Waals surface area contributed by atoms with Gasteiger partial charge in [-0.25, -0.2) is 5.01 Å². The lowest BCUT2D eigenvalue weighted by Gasteiger charge is -2.17. The molecule has 1 fully saturated rings. The van der Waals surface area contributed by atoms with Crippen LogP contribution in [0.4, 0.5) is 0 Å². The Hall–Kier alpha value is -0.0300. The van der Waals surface area contributed by atoms with Crippen LogP contribution in [-0.2, 0) is 6.54 Å². The highest BCUT2D eigenvalue weighted by atomic mass is 35.5. The number of hydrazine groups is 1. The van der Waals surface area contributed by atoms with Crippen molar-refractivity contribution < 1.29 is 5.11 Å². The van der Waals surface area contributed by atoms with Gasteiger partial charge in [0.15, 0.2) is 0 Å². The minimum atomic E-state index is -0.215. The number of halogens is 3. The molecule has 1 heterocycles. The lowest BCUT2D eigenvalue weighted by atomic mass is 10.2. The van der Waals surface area contributed by atoms with Crippen LogP contribution in [0.5, 0.6) is 0 Å². The fourth-order valence-corrected chi connectivity index (χ4v) is 2.22. The summed E-state index contributed by atoms with van der Waals surface area (Å²) in [6, 6.07) is 5.46. The SMILES string of the molecule is Cl.OC1CCN(NCc2ccc(Cl)cc2Cl)C1. The van der Waals surface area contributed by atoms with E-state index in [0.717, 1.165) is 18.5 Å². The number of β-amino-alcohol motifs (C(OH)–C–C–N with tert-alkyl or cyclic N) is 1. The molecular weight excluding hydrogens is 282 g/mol. The van der Waals surface area contributed by atoms with Crippen molar-refractivity contribution in [3.63, 3.8) is 0 Å². The van der Waals surface area contributed by atoms with Crippen LogP contribution >= 0.6 is 35.6 Å². The van der Waals surface area contributed by atoms with Gasteiger partial charge in [-0.3, -0.25) is 5.43 Å². The number of nitrogens with zero attached hydrogens (tertiary/aromatic N) is 1. The number of hydrogen-bond acceptors (Lipinski definition) is 3. The van der Waals surface area contributed by atoms with Gasteiger partial charge in [-0.2, -0.15) is 0 Å². The van der Waals surface area contributed by atoms with E-state index in [0.29, 0.717) is 23.1 Å². The minimum Gasteiger partial charge on any atom is -0.392 e. The van der Waals surface area contributed by atoms with E-state index < -0.39 is 0 Å². The number of benzene rings is 1. The van der Waals surface area contributed by atoms with E-state index in [2.05, 4.69) is 5.43 Å². The Balaban J connectivity index is 0.00000144. The highest BCUT2D eigenvalue weighted by molar-refractivity contribution is 6.35. The Morgan fingerprint density at radius 3 is 2.76 bits per heavy atom. The second-order valence-electron chi connectivity index (χ2n) is 3.96. The predicted molar refractivity (Wildman–Crippen MR) is 72.7 cm³/mol. The Bertz CT molecular complexity index is 376. The van der Waals surface area contributed by atoms with Gasteiger partial charge in [0.05, 0.1) is 6.10 Å². The van der Waals surface area contributed by atoms with Crippen LogP contribution in [0.2, 0.25) is 10.0 Å². The smallest absolute Gasteiger partial charge is 0.0693 e. The fraction of sp³-hybridized carbons (Fsp3) is 0.455. The van der Waals surface area contributed by atoms with E-state index in [1.807, 2.05) is 17.1 Å². The van der Waals surface area contributed by atoms with Crippen molar-refractivity contribution in [1.82, 2.24) is 10.4 Å². The first-order valence-corrected chi connectivity index (χ1v) is 6.01. The molecule has 1 aromatic rings. The van der Waals surface area contributed by atoms with Crippen LogP contribution in [0.3, 0.4) is 0 Å². The molecule has 1 aliphatic rings. The third-order valence-electron chi connectivity index (χ3n) is 2.67. The Morgan fingerprint density at radius 2 is 2.18 bits per heavy atom. The predicted octanol–water partition coefficient (Wildman–Crippen LogP) is 2.49. The normalized spacial score (nSPS) is 20.3. The van der Waals surface area contributed by atoms with Crippen LogP contribution < -0.4 is 5.43 Å². The maximum Gasteiger partial charge on any atom is 0.0693 e. The molecule has 2 rings (SSSR count). The maximum atomic E-state index is 9.36. The van der Waals surface area contributed by atoms with E-state index in [4.69, 9.17) is 23.2 Å². The van der Waals surface area contributed by atoms with Gasteiger partial charge >= 0.3 is 0 Å². The van der Waals surface area contributed by atoms with E-state index in [9.17, 15) is 5.11 Å². The van der Waals surface area contributed by atoms with Gasteiger partial charge in [-0.15, -0.1) is 12.4 Å². The number of rotatable bonds is 3. The topological polar surface area (TPSA) is 35.5 Å². The Kier molecular flexibility index (Phi) is 6.00. The molecule has 2 N–H and O–H groups in total. The van der Waals surface area contributed by atoms with Crippen LogP contribution in [0.25, 0.3) is 0 Å². The number of aliphatic hydroxyl groups excluding tert-OH is 1. The molecule has 96 valence electrons. The van der Waals surface area contributed by atoms with Crippen molar-refractivity contribution in [2.24, 2.45) is 0 Å². The molecule has 1 unspecified atom stereocenters. The van der Waals surface area contributed by atoms with Gasteiger partial charge in [-0.1, -0.05) is 29.3 Å². The van der Waals surface area contributed by atoms with Crippen molar-refractivity contribution in [1.29, 1.82) is 0 Å². The Morgan fingerprint density at radius 1 is 1.41 bits per heavy atom. The molecule has 3 nitrogen and oxygen atoms in total. The quantitative estimate of drug-likeness (QED) is 0.900. The summed E-state index contributed by atoms with van der Waals surface area (Å²) < 4.78 is 0. The van der Waals surface area contributed by atoms with Gasteiger partial charge in [0, 0.05) is 29.7 Å². The first kappa shape index (κ1) is 15.0. The molecule has 6 heteroatoms. The fourth-order valence-electron chi connectivity index (χ4n) is 1.75. The molecule has 1 atom stereocenters. The summed E-state index contributed by atoms with van der Waals surface area (Å²) >= 11 is 11.9. The summed E-state index contributed by atoms with van der Waals surface area (Å²) in [5, 5.41) is 12.7. The summed E-state index contributed by atoms with van der Waals surface area (Å²) in [6.07, 6.45) is 0.606. The zero-order valence-corrected chi connectivity index (χ0v) is 11.5. The standard InChI is InChI=1S/C11H14Cl2N2O.ClH/c12-9-2-1-8(11(13)5-9)6-14-15-4-3-10(16)7-15;/h1-2,5,10,14,16H,3-4,6-7H2;1H. The lowest BCUT2D eigenvalue weighted by molar-refractivity contribution is 0.154. The van der Waals surface area contributed by atoms with E-state index in [1.165, 1.54) is 0 Å². The monoisotopic (exact) mass is 296 g/mol. The third kappa shape index (κ3) is 4.28. The molecule has 0 aliphatic carbocycles. The second kappa shape index (κ2) is 6.78. The van der Waals surface area contributed by atoms with Crippen molar-refractivity contribution in [2.45, 2.75) is 19.1 Å². The van der Waals surface area contributed by atoms with Gasteiger partial charge in [0.25, 0.3) is 0 Å². The van der Waals surface area contributed by atoms with Crippen LogP contribution in [0.15, 0.2) is 18.2 Å². The molecule has 0 spiro atoms. The van der Waals surface area contributed by atoms with E-state index in [-0.39, 0.29) is 18.5 Å². The molecule has 1 aliphatic heterocycles.